The highest BCUT2D eigenvalue weighted by Crippen LogP contribution is 2.26. The summed E-state index contributed by atoms with van der Waals surface area (Å²) in [6, 6.07) is 6.79. The number of methoxy groups -OCH3 is 1. The van der Waals surface area contributed by atoms with Crippen molar-refractivity contribution in [1.82, 2.24) is 4.98 Å². The van der Waals surface area contributed by atoms with E-state index in [4.69, 9.17) is 4.74 Å². The highest BCUT2D eigenvalue weighted by atomic mass is 19.1. The van der Waals surface area contributed by atoms with Gasteiger partial charge in [-0.15, -0.1) is 0 Å². The molecule has 3 aromatic rings. The third kappa shape index (κ3) is 2.82. The van der Waals surface area contributed by atoms with Gasteiger partial charge in [0.1, 0.15) is 17.4 Å². The van der Waals surface area contributed by atoms with Crippen LogP contribution in [-0.2, 0) is 6.42 Å². The third-order valence-corrected chi connectivity index (χ3v) is 3.85. The number of hydrogen-bond acceptors (Lipinski definition) is 2. The summed E-state index contributed by atoms with van der Waals surface area (Å²) in [4.78, 5) is 15.6. The number of halogens is 2. The lowest BCUT2D eigenvalue weighted by molar-refractivity contribution is 0.0993. The lowest BCUT2D eigenvalue weighted by atomic mass is 10.0. The van der Waals surface area contributed by atoms with E-state index in [0.29, 0.717) is 22.3 Å². The molecule has 0 amide bonds. The first-order valence-corrected chi connectivity index (χ1v) is 7.12. The molecule has 0 aliphatic heterocycles. The summed E-state index contributed by atoms with van der Waals surface area (Å²) in [7, 11) is 1.42. The number of Topliss-reactive ketones (excluding diaryl/α,β-unsaturated/α-hetero) is 1. The molecule has 0 spiro atoms. The summed E-state index contributed by atoms with van der Waals surface area (Å²) in [5.74, 6) is -0.683. The maximum Gasteiger partial charge on any atom is 0.169 e. The molecule has 118 valence electrons. The van der Waals surface area contributed by atoms with Gasteiger partial charge in [0.2, 0.25) is 0 Å². The molecule has 3 nitrogen and oxygen atoms in total. The van der Waals surface area contributed by atoms with Crippen molar-refractivity contribution < 1.29 is 18.3 Å². The molecule has 5 heteroatoms. The Hall–Kier alpha value is -2.69. The maximum atomic E-state index is 13.6. The van der Waals surface area contributed by atoms with E-state index in [0.717, 1.165) is 11.1 Å². The number of rotatable bonds is 4. The molecular formula is C18H15F2NO2. The molecule has 1 aromatic heterocycles. The minimum Gasteiger partial charge on any atom is -0.496 e. The molecule has 1 heterocycles. The van der Waals surface area contributed by atoms with E-state index in [2.05, 4.69) is 4.98 Å². The highest BCUT2D eigenvalue weighted by Gasteiger charge is 2.17. The zero-order valence-corrected chi connectivity index (χ0v) is 12.7. The lowest BCUT2D eigenvalue weighted by Gasteiger charge is -2.08. The molecule has 0 unspecified atom stereocenters. The van der Waals surface area contributed by atoms with Crippen LogP contribution in [0.5, 0.6) is 5.75 Å². The molecule has 0 fully saturated rings. The number of aromatic amines is 1. The van der Waals surface area contributed by atoms with Gasteiger partial charge in [0.05, 0.1) is 7.11 Å². The Morgan fingerprint density at radius 3 is 2.70 bits per heavy atom. The van der Waals surface area contributed by atoms with Gasteiger partial charge in [-0.05, 0) is 30.7 Å². The Balaban J connectivity index is 1.99. The fraction of sp³-hybridized carbons (Fsp3) is 0.167. The van der Waals surface area contributed by atoms with Gasteiger partial charge in [0.25, 0.3) is 0 Å². The second-order valence-electron chi connectivity index (χ2n) is 5.40. The van der Waals surface area contributed by atoms with Crippen LogP contribution in [0.2, 0.25) is 0 Å². The Morgan fingerprint density at radius 2 is 1.96 bits per heavy atom. The van der Waals surface area contributed by atoms with Gasteiger partial charge in [0, 0.05) is 40.7 Å². The van der Waals surface area contributed by atoms with Crippen LogP contribution in [0.3, 0.4) is 0 Å². The average molecular weight is 315 g/mol. The molecule has 0 radical (unpaired) electrons. The molecule has 0 atom stereocenters. The van der Waals surface area contributed by atoms with Crippen molar-refractivity contribution in [3.63, 3.8) is 0 Å². The van der Waals surface area contributed by atoms with Crippen molar-refractivity contribution in [3.05, 3.63) is 64.9 Å². The van der Waals surface area contributed by atoms with Gasteiger partial charge in [-0.3, -0.25) is 4.79 Å². The van der Waals surface area contributed by atoms with Crippen molar-refractivity contribution in [2.75, 3.05) is 7.11 Å². The molecule has 0 aliphatic rings. The monoisotopic (exact) mass is 315 g/mol. The van der Waals surface area contributed by atoms with E-state index in [1.807, 2.05) is 0 Å². The van der Waals surface area contributed by atoms with E-state index in [1.54, 1.807) is 13.1 Å². The number of carbonyl (C=O) groups excluding carboxylic acids is 1. The number of fused-ring (bicyclic) bond motifs is 1. The van der Waals surface area contributed by atoms with E-state index in [9.17, 15) is 13.6 Å². The summed E-state index contributed by atoms with van der Waals surface area (Å²) in [5.41, 5.74) is 2.47. The number of aryl methyl sites for hydroxylation is 1. The zero-order valence-electron chi connectivity index (χ0n) is 12.7. The summed E-state index contributed by atoms with van der Waals surface area (Å²) >= 11 is 0. The summed E-state index contributed by atoms with van der Waals surface area (Å²) in [6.07, 6.45) is 1.63. The van der Waals surface area contributed by atoms with Crippen LogP contribution in [0.4, 0.5) is 8.78 Å². The molecule has 1 N–H and O–H groups in total. The Kier molecular flexibility index (Phi) is 3.86. The number of aromatic nitrogens is 1. The lowest BCUT2D eigenvalue weighted by Crippen LogP contribution is -2.05. The van der Waals surface area contributed by atoms with Crippen molar-refractivity contribution >= 4 is 16.7 Å². The van der Waals surface area contributed by atoms with Crippen LogP contribution in [-0.4, -0.2) is 17.9 Å². The largest absolute Gasteiger partial charge is 0.496 e. The average Bonchev–Trinajstić information content (AvgIpc) is 2.93. The molecule has 2 aromatic carbocycles. The SMILES string of the molecule is COc1cc(F)ccc1CC(=O)c1c[nH]c2c(C)cc(F)cc12. The number of hydrogen-bond donors (Lipinski definition) is 1. The van der Waals surface area contributed by atoms with Crippen molar-refractivity contribution in [2.24, 2.45) is 0 Å². The highest BCUT2D eigenvalue weighted by molar-refractivity contribution is 6.09. The van der Waals surface area contributed by atoms with Crippen LogP contribution in [0.15, 0.2) is 36.5 Å². The van der Waals surface area contributed by atoms with Gasteiger partial charge < -0.3 is 9.72 Å². The molecule has 3 rings (SSSR count). The summed E-state index contributed by atoms with van der Waals surface area (Å²) in [6.45, 7) is 1.78. The van der Waals surface area contributed by atoms with E-state index in [1.165, 1.54) is 37.4 Å². The Labute approximate surface area is 131 Å². The number of nitrogens with one attached hydrogen (secondary N) is 1. The summed E-state index contributed by atoms with van der Waals surface area (Å²) < 4.78 is 32.0. The second-order valence-corrected chi connectivity index (χ2v) is 5.40. The predicted octanol–water partition coefficient (Wildman–Crippen LogP) is 4.19. The van der Waals surface area contributed by atoms with Crippen molar-refractivity contribution in [3.8, 4) is 5.75 Å². The maximum absolute atomic E-state index is 13.6. The van der Waals surface area contributed by atoms with E-state index >= 15 is 0 Å². The van der Waals surface area contributed by atoms with Gasteiger partial charge in [-0.1, -0.05) is 6.07 Å². The number of ether oxygens (including phenoxy) is 1. The van der Waals surface area contributed by atoms with Gasteiger partial charge in [-0.25, -0.2) is 8.78 Å². The quantitative estimate of drug-likeness (QED) is 0.734. The van der Waals surface area contributed by atoms with Crippen LogP contribution in [0.1, 0.15) is 21.5 Å². The van der Waals surface area contributed by atoms with Gasteiger partial charge >= 0.3 is 0 Å². The third-order valence-electron chi connectivity index (χ3n) is 3.85. The van der Waals surface area contributed by atoms with Crippen LogP contribution in [0, 0.1) is 18.6 Å². The van der Waals surface area contributed by atoms with Gasteiger partial charge in [-0.2, -0.15) is 0 Å². The van der Waals surface area contributed by atoms with E-state index < -0.39 is 5.82 Å². The molecule has 23 heavy (non-hydrogen) atoms. The Morgan fingerprint density at radius 1 is 1.17 bits per heavy atom. The second kappa shape index (κ2) is 5.83. The number of H-pyrrole nitrogens is 1. The first-order valence-electron chi connectivity index (χ1n) is 7.12. The molecule has 0 bridgehead atoms. The van der Waals surface area contributed by atoms with Crippen molar-refractivity contribution in [1.29, 1.82) is 0 Å². The first kappa shape index (κ1) is 15.2. The minimum absolute atomic E-state index is 0.0476. The number of benzene rings is 2. The molecular weight excluding hydrogens is 300 g/mol. The number of carbonyl (C=O) groups is 1. The fourth-order valence-corrected chi connectivity index (χ4v) is 2.73. The molecule has 0 saturated carbocycles. The van der Waals surface area contributed by atoms with Crippen LogP contribution < -0.4 is 4.74 Å². The topological polar surface area (TPSA) is 42.1 Å². The van der Waals surface area contributed by atoms with Crippen LogP contribution in [0.25, 0.3) is 10.9 Å². The summed E-state index contributed by atoms with van der Waals surface area (Å²) in [5, 5.41) is 0.550. The fourth-order valence-electron chi connectivity index (χ4n) is 2.73. The molecule has 0 saturated heterocycles. The van der Waals surface area contributed by atoms with Gasteiger partial charge in [0.15, 0.2) is 5.78 Å². The predicted molar refractivity (Wildman–Crippen MR) is 84.0 cm³/mol. The smallest absolute Gasteiger partial charge is 0.169 e. The Bertz CT molecular complexity index is 899. The minimum atomic E-state index is -0.428. The number of ketones is 1. The normalized spacial score (nSPS) is 11.0. The zero-order chi connectivity index (χ0) is 16.6. The standard InChI is InChI=1S/C18H15F2NO2/c1-10-5-13(20)7-14-15(9-21-18(10)14)16(22)6-11-3-4-12(19)8-17(11)23-2/h3-5,7-9,21H,6H2,1-2H3. The van der Waals surface area contributed by atoms with Crippen LogP contribution >= 0.6 is 0 Å². The first-order chi connectivity index (χ1) is 11.0. The van der Waals surface area contributed by atoms with E-state index in [-0.39, 0.29) is 18.0 Å². The van der Waals surface area contributed by atoms with Crippen molar-refractivity contribution in [2.45, 2.75) is 13.3 Å². The molecule has 0 aliphatic carbocycles.